The van der Waals surface area contributed by atoms with Gasteiger partial charge in [0.1, 0.15) is 0 Å². The fourth-order valence-electron chi connectivity index (χ4n) is 1.60. The highest BCUT2D eigenvalue weighted by Crippen LogP contribution is 2.18. The summed E-state index contributed by atoms with van der Waals surface area (Å²) in [7, 11) is 1.41. The highest BCUT2D eigenvalue weighted by atomic mass is 32.1. The van der Waals surface area contributed by atoms with Crippen molar-refractivity contribution in [2.24, 2.45) is 0 Å². The van der Waals surface area contributed by atoms with Crippen LogP contribution < -0.4 is 10.1 Å². The SMILES string of the molecule is COc1ccc(/C=C/C(=O)NCc2cccs2)cc1F. The topological polar surface area (TPSA) is 38.3 Å². The van der Waals surface area contributed by atoms with E-state index in [-0.39, 0.29) is 11.7 Å². The van der Waals surface area contributed by atoms with Crippen molar-refractivity contribution in [1.82, 2.24) is 5.32 Å². The largest absolute Gasteiger partial charge is 0.494 e. The molecule has 0 saturated heterocycles. The maximum Gasteiger partial charge on any atom is 0.244 e. The van der Waals surface area contributed by atoms with E-state index in [0.29, 0.717) is 12.1 Å². The lowest BCUT2D eigenvalue weighted by Crippen LogP contribution is -2.19. The molecule has 3 nitrogen and oxygen atoms in total. The van der Waals surface area contributed by atoms with Crippen LogP contribution in [0.15, 0.2) is 41.8 Å². The summed E-state index contributed by atoms with van der Waals surface area (Å²) < 4.78 is 18.3. The summed E-state index contributed by atoms with van der Waals surface area (Å²) >= 11 is 1.58. The van der Waals surface area contributed by atoms with Gasteiger partial charge in [-0.1, -0.05) is 12.1 Å². The predicted molar refractivity (Wildman–Crippen MR) is 78.2 cm³/mol. The number of amides is 1. The average molecular weight is 291 g/mol. The molecule has 1 aromatic carbocycles. The first-order valence-corrected chi connectivity index (χ1v) is 6.89. The van der Waals surface area contributed by atoms with Crippen LogP contribution >= 0.6 is 11.3 Å². The van der Waals surface area contributed by atoms with Gasteiger partial charge in [-0.05, 0) is 35.2 Å². The van der Waals surface area contributed by atoms with Crippen LogP contribution in [0.4, 0.5) is 4.39 Å². The van der Waals surface area contributed by atoms with Crippen LogP contribution in [0.1, 0.15) is 10.4 Å². The summed E-state index contributed by atoms with van der Waals surface area (Å²) in [5, 5.41) is 4.71. The number of hydrogen-bond acceptors (Lipinski definition) is 3. The van der Waals surface area contributed by atoms with Gasteiger partial charge >= 0.3 is 0 Å². The molecule has 0 aliphatic rings. The molecular formula is C15H14FNO2S. The predicted octanol–water partition coefficient (Wildman–Crippen LogP) is 3.23. The van der Waals surface area contributed by atoms with Crippen molar-refractivity contribution in [2.45, 2.75) is 6.54 Å². The molecule has 0 fully saturated rings. The van der Waals surface area contributed by atoms with Gasteiger partial charge in [0.05, 0.1) is 13.7 Å². The van der Waals surface area contributed by atoms with Crippen LogP contribution in [0.5, 0.6) is 5.75 Å². The molecule has 1 N–H and O–H groups in total. The van der Waals surface area contributed by atoms with Crippen molar-refractivity contribution in [1.29, 1.82) is 0 Å². The molecular weight excluding hydrogens is 277 g/mol. The van der Waals surface area contributed by atoms with Crippen molar-refractivity contribution < 1.29 is 13.9 Å². The third kappa shape index (κ3) is 3.93. The zero-order valence-corrected chi connectivity index (χ0v) is 11.7. The van der Waals surface area contributed by atoms with Crippen LogP contribution in [-0.2, 0) is 11.3 Å². The molecule has 0 unspecified atom stereocenters. The molecule has 0 radical (unpaired) electrons. The van der Waals surface area contributed by atoms with Gasteiger partial charge in [-0.2, -0.15) is 0 Å². The normalized spacial score (nSPS) is 10.7. The minimum Gasteiger partial charge on any atom is -0.494 e. The zero-order valence-electron chi connectivity index (χ0n) is 10.9. The third-order valence-corrected chi connectivity index (χ3v) is 3.50. The van der Waals surface area contributed by atoms with Crippen molar-refractivity contribution in [3.8, 4) is 5.75 Å². The number of nitrogens with one attached hydrogen (secondary N) is 1. The Kier molecular flexibility index (Phi) is 4.90. The molecule has 2 aromatic rings. The smallest absolute Gasteiger partial charge is 0.244 e. The maximum absolute atomic E-state index is 13.5. The molecule has 2 rings (SSSR count). The number of benzene rings is 1. The number of ether oxygens (including phenoxy) is 1. The molecule has 20 heavy (non-hydrogen) atoms. The monoisotopic (exact) mass is 291 g/mol. The first-order valence-electron chi connectivity index (χ1n) is 6.01. The summed E-state index contributed by atoms with van der Waals surface area (Å²) in [5.74, 6) is -0.479. The minimum atomic E-state index is -0.450. The number of methoxy groups -OCH3 is 1. The van der Waals surface area contributed by atoms with Gasteiger partial charge in [0, 0.05) is 11.0 Å². The van der Waals surface area contributed by atoms with Crippen molar-refractivity contribution in [3.63, 3.8) is 0 Å². The van der Waals surface area contributed by atoms with Crippen LogP contribution in [0, 0.1) is 5.82 Å². The van der Waals surface area contributed by atoms with Crippen molar-refractivity contribution in [2.75, 3.05) is 7.11 Å². The van der Waals surface area contributed by atoms with Crippen LogP contribution in [0.3, 0.4) is 0 Å². The van der Waals surface area contributed by atoms with E-state index in [4.69, 9.17) is 4.74 Å². The van der Waals surface area contributed by atoms with Gasteiger partial charge in [-0.15, -0.1) is 11.3 Å². The van der Waals surface area contributed by atoms with Gasteiger partial charge in [-0.25, -0.2) is 4.39 Å². The van der Waals surface area contributed by atoms with Crippen molar-refractivity contribution in [3.05, 3.63) is 58.0 Å². The highest BCUT2D eigenvalue weighted by Gasteiger charge is 2.02. The molecule has 0 aliphatic heterocycles. The van der Waals surface area contributed by atoms with E-state index in [1.165, 1.54) is 25.3 Å². The van der Waals surface area contributed by atoms with Crippen LogP contribution in [-0.4, -0.2) is 13.0 Å². The van der Waals surface area contributed by atoms with Crippen molar-refractivity contribution >= 4 is 23.3 Å². The minimum absolute atomic E-state index is 0.185. The molecule has 5 heteroatoms. The van der Waals surface area contributed by atoms with E-state index < -0.39 is 5.82 Å². The molecule has 1 heterocycles. The molecule has 0 spiro atoms. The van der Waals surface area contributed by atoms with E-state index in [0.717, 1.165) is 4.88 Å². The molecule has 0 saturated carbocycles. The molecule has 1 amide bonds. The summed E-state index contributed by atoms with van der Waals surface area (Å²) in [5.41, 5.74) is 0.606. The Morgan fingerprint density at radius 2 is 2.30 bits per heavy atom. The van der Waals surface area contributed by atoms with E-state index in [1.54, 1.807) is 23.5 Å². The highest BCUT2D eigenvalue weighted by molar-refractivity contribution is 7.09. The number of carbonyl (C=O) groups excluding carboxylic acids is 1. The Morgan fingerprint density at radius 3 is 2.95 bits per heavy atom. The summed E-state index contributed by atoms with van der Waals surface area (Å²) in [6, 6.07) is 8.42. The summed E-state index contributed by atoms with van der Waals surface area (Å²) in [4.78, 5) is 12.7. The second-order valence-corrected chi connectivity index (χ2v) is 5.06. The summed E-state index contributed by atoms with van der Waals surface area (Å²) in [6.45, 7) is 0.498. The molecule has 1 aromatic heterocycles. The number of carbonyl (C=O) groups is 1. The Labute approximate surface area is 120 Å². The maximum atomic E-state index is 13.5. The number of hydrogen-bond donors (Lipinski definition) is 1. The zero-order chi connectivity index (χ0) is 14.4. The standard InChI is InChI=1S/C15H14FNO2S/c1-19-14-6-4-11(9-13(14)16)5-7-15(18)17-10-12-3-2-8-20-12/h2-9H,10H2,1H3,(H,17,18)/b7-5+. The average Bonchev–Trinajstić information content (AvgIpc) is 2.96. The Bertz CT molecular complexity index is 608. The van der Waals surface area contributed by atoms with E-state index >= 15 is 0 Å². The fraction of sp³-hybridized carbons (Fsp3) is 0.133. The first kappa shape index (κ1) is 14.3. The fourth-order valence-corrected chi connectivity index (χ4v) is 2.25. The van der Waals surface area contributed by atoms with E-state index in [2.05, 4.69) is 5.32 Å². The molecule has 0 aliphatic carbocycles. The Morgan fingerprint density at radius 1 is 1.45 bits per heavy atom. The van der Waals surface area contributed by atoms with Crippen LogP contribution in [0.2, 0.25) is 0 Å². The van der Waals surface area contributed by atoms with Gasteiger partial charge in [-0.3, -0.25) is 4.79 Å². The lowest BCUT2D eigenvalue weighted by Gasteiger charge is -2.02. The number of halogens is 1. The quantitative estimate of drug-likeness (QED) is 0.859. The Hall–Kier alpha value is -2.14. The lowest BCUT2D eigenvalue weighted by molar-refractivity contribution is -0.116. The van der Waals surface area contributed by atoms with E-state index in [9.17, 15) is 9.18 Å². The molecule has 0 atom stereocenters. The number of rotatable bonds is 5. The molecule has 104 valence electrons. The van der Waals surface area contributed by atoms with Crippen LogP contribution in [0.25, 0.3) is 6.08 Å². The van der Waals surface area contributed by atoms with Gasteiger partial charge in [0.15, 0.2) is 11.6 Å². The van der Waals surface area contributed by atoms with Gasteiger partial charge in [0.2, 0.25) is 5.91 Å². The van der Waals surface area contributed by atoms with E-state index in [1.807, 2.05) is 17.5 Å². The Balaban J connectivity index is 1.91. The second-order valence-electron chi connectivity index (χ2n) is 4.02. The summed E-state index contributed by atoms with van der Waals surface area (Å²) in [6.07, 6.45) is 2.95. The lowest BCUT2D eigenvalue weighted by atomic mass is 10.2. The molecule has 0 bridgehead atoms. The second kappa shape index (κ2) is 6.86. The first-order chi connectivity index (χ1) is 9.69. The third-order valence-electron chi connectivity index (χ3n) is 2.62. The van der Waals surface area contributed by atoms with Gasteiger partial charge < -0.3 is 10.1 Å². The number of thiophene rings is 1. The van der Waals surface area contributed by atoms with Gasteiger partial charge in [0.25, 0.3) is 0 Å².